The predicted molar refractivity (Wildman–Crippen MR) is 76.4 cm³/mol. The lowest BCUT2D eigenvalue weighted by Gasteiger charge is -2.35. The van der Waals surface area contributed by atoms with E-state index in [1.54, 1.807) is 0 Å². The van der Waals surface area contributed by atoms with E-state index >= 15 is 0 Å². The van der Waals surface area contributed by atoms with Crippen molar-refractivity contribution in [3.63, 3.8) is 0 Å². The molecular weight excluding hydrogens is 306 g/mol. The molecule has 0 atom stereocenters. The Hall–Kier alpha value is -2.31. The number of likely N-dealkylation sites (tertiary alicyclic amines) is 2. The van der Waals surface area contributed by atoms with Crippen molar-refractivity contribution in [2.45, 2.75) is 31.7 Å². The molecule has 0 radical (unpaired) electrons. The molecule has 0 N–H and O–H groups in total. The molecule has 2 saturated heterocycles. The van der Waals surface area contributed by atoms with E-state index in [0.29, 0.717) is 25.9 Å². The van der Waals surface area contributed by atoms with Crippen LogP contribution in [0.2, 0.25) is 0 Å². The highest BCUT2D eigenvalue weighted by Gasteiger charge is 2.37. The van der Waals surface area contributed by atoms with E-state index in [4.69, 9.17) is 0 Å². The molecule has 0 spiro atoms. The van der Waals surface area contributed by atoms with Crippen LogP contribution in [0.3, 0.4) is 0 Å². The summed E-state index contributed by atoms with van der Waals surface area (Å²) in [6, 6.07) is 2.89. The normalized spacial score (nSPS) is 19.6. The Labute approximate surface area is 131 Å². The highest BCUT2D eigenvalue weighted by molar-refractivity contribution is 6.02. The quantitative estimate of drug-likeness (QED) is 0.779. The summed E-state index contributed by atoms with van der Waals surface area (Å²) in [5.41, 5.74) is 0.0932. The van der Waals surface area contributed by atoms with Crippen LogP contribution in [0.25, 0.3) is 0 Å². The van der Waals surface area contributed by atoms with Crippen LogP contribution in [0.15, 0.2) is 18.2 Å². The van der Waals surface area contributed by atoms with Crippen molar-refractivity contribution in [2.24, 2.45) is 0 Å². The third-order valence-electron chi connectivity index (χ3n) is 4.37. The summed E-state index contributed by atoms with van der Waals surface area (Å²) in [7, 11) is 0. The zero-order valence-electron chi connectivity index (χ0n) is 12.4. The van der Waals surface area contributed by atoms with Crippen LogP contribution in [0.4, 0.5) is 8.78 Å². The van der Waals surface area contributed by atoms with Crippen LogP contribution in [0.1, 0.15) is 36.0 Å². The Morgan fingerprint density at radius 2 is 1.61 bits per heavy atom. The zero-order chi connectivity index (χ0) is 16.6. The van der Waals surface area contributed by atoms with Gasteiger partial charge in [0.2, 0.25) is 11.8 Å². The minimum Gasteiger partial charge on any atom is -0.338 e. The second kappa shape index (κ2) is 6.06. The minimum absolute atomic E-state index is 0.0932. The zero-order valence-corrected chi connectivity index (χ0v) is 12.4. The molecule has 2 heterocycles. The highest BCUT2D eigenvalue weighted by atomic mass is 19.2. The molecule has 0 aliphatic carbocycles. The largest absolute Gasteiger partial charge is 0.338 e. The molecule has 0 saturated carbocycles. The van der Waals surface area contributed by atoms with Gasteiger partial charge in [0, 0.05) is 37.5 Å². The first-order valence-corrected chi connectivity index (χ1v) is 7.56. The van der Waals surface area contributed by atoms with Crippen LogP contribution in [-0.2, 0) is 9.59 Å². The summed E-state index contributed by atoms with van der Waals surface area (Å²) in [5.74, 6) is -2.73. The van der Waals surface area contributed by atoms with Gasteiger partial charge in [-0.3, -0.25) is 19.3 Å². The number of benzene rings is 1. The molecule has 1 aromatic rings. The minimum atomic E-state index is -1.06. The molecule has 0 unspecified atom stereocenters. The topological polar surface area (TPSA) is 57.7 Å². The van der Waals surface area contributed by atoms with Crippen LogP contribution >= 0.6 is 0 Å². The average Bonchev–Trinajstić information content (AvgIpc) is 2.88. The van der Waals surface area contributed by atoms with Gasteiger partial charge in [0.1, 0.15) is 0 Å². The maximum atomic E-state index is 13.2. The molecule has 2 aliphatic heterocycles. The molecule has 5 nitrogen and oxygen atoms in total. The number of carbonyl (C=O) groups excluding carboxylic acids is 3. The Kier molecular flexibility index (Phi) is 4.11. The molecule has 122 valence electrons. The van der Waals surface area contributed by atoms with Crippen LogP contribution in [0.5, 0.6) is 0 Å². The molecule has 0 bridgehead atoms. The summed E-state index contributed by atoms with van der Waals surface area (Å²) in [6.45, 7) is 0.749. The van der Waals surface area contributed by atoms with Gasteiger partial charge in [-0.2, -0.15) is 0 Å². The van der Waals surface area contributed by atoms with Crippen LogP contribution in [-0.4, -0.2) is 46.7 Å². The summed E-state index contributed by atoms with van der Waals surface area (Å²) >= 11 is 0. The van der Waals surface area contributed by atoms with Crippen molar-refractivity contribution in [2.75, 3.05) is 13.1 Å². The fourth-order valence-corrected chi connectivity index (χ4v) is 3.14. The Morgan fingerprint density at radius 1 is 1.00 bits per heavy atom. The number of hydrogen-bond donors (Lipinski definition) is 0. The van der Waals surface area contributed by atoms with E-state index in [1.165, 1.54) is 15.9 Å². The number of carbonyl (C=O) groups is 3. The second-order valence-corrected chi connectivity index (χ2v) is 5.81. The van der Waals surface area contributed by atoms with Gasteiger partial charge >= 0.3 is 0 Å². The molecule has 3 amide bonds. The number of nitrogens with zero attached hydrogens (tertiary/aromatic N) is 2. The highest BCUT2D eigenvalue weighted by Crippen LogP contribution is 2.24. The van der Waals surface area contributed by atoms with E-state index in [9.17, 15) is 23.2 Å². The average molecular weight is 322 g/mol. The Balaban J connectivity index is 1.64. The first kappa shape index (κ1) is 15.6. The maximum Gasteiger partial charge on any atom is 0.253 e. The first-order chi connectivity index (χ1) is 11.0. The van der Waals surface area contributed by atoms with Gasteiger partial charge < -0.3 is 4.90 Å². The second-order valence-electron chi connectivity index (χ2n) is 5.81. The number of amides is 3. The molecule has 1 aromatic carbocycles. The number of hydrogen-bond acceptors (Lipinski definition) is 3. The van der Waals surface area contributed by atoms with Gasteiger partial charge in [0.05, 0.1) is 0 Å². The monoisotopic (exact) mass is 322 g/mol. The standard InChI is InChI=1S/C16H16F2N2O3/c17-12-2-1-10(9-13(12)18)16(23)19-7-5-11(6-8-19)20-14(21)3-4-15(20)22/h1-2,9,11H,3-8H2. The summed E-state index contributed by atoms with van der Waals surface area (Å²) in [4.78, 5) is 38.6. The molecule has 2 fully saturated rings. The fourth-order valence-electron chi connectivity index (χ4n) is 3.14. The molecule has 2 aliphatic rings. The van der Waals surface area contributed by atoms with E-state index in [-0.39, 0.29) is 42.2 Å². The third-order valence-corrected chi connectivity index (χ3v) is 4.37. The van der Waals surface area contributed by atoms with Crippen molar-refractivity contribution in [3.05, 3.63) is 35.4 Å². The van der Waals surface area contributed by atoms with E-state index < -0.39 is 11.6 Å². The van der Waals surface area contributed by atoms with Gasteiger partial charge in [-0.15, -0.1) is 0 Å². The molecule has 0 aromatic heterocycles. The summed E-state index contributed by atoms with van der Waals surface area (Å²) in [5, 5.41) is 0. The van der Waals surface area contributed by atoms with E-state index in [0.717, 1.165) is 12.1 Å². The summed E-state index contributed by atoms with van der Waals surface area (Å²) in [6.07, 6.45) is 1.53. The molecule has 3 rings (SSSR count). The molecule has 23 heavy (non-hydrogen) atoms. The van der Waals surface area contributed by atoms with Gasteiger partial charge in [-0.05, 0) is 31.0 Å². The number of rotatable bonds is 2. The number of imide groups is 1. The van der Waals surface area contributed by atoms with Crippen molar-refractivity contribution >= 4 is 17.7 Å². The van der Waals surface area contributed by atoms with Crippen LogP contribution in [0, 0.1) is 11.6 Å². The lowest BCUT2D eigenvalue weighted by molar-refractivity contribution is -0.141. The lowest BCUT2D eigenvalue weighted by Crippen LogP contribution is -2.48. The molecule has 7 heteroatoms. The van der Waals surface area contributed by atoms with Gasteiger partial charge in [0.15, 0.2) is 11.6 Å². The van der Waals surface area contributed by atoms with Crippen LogP contribution < -0.4 is 0 Å². The van der Waals surface area contributed by atoms with Gasteiger partial charge in [-0.25, -0.2) is 8.78 Å². The van der Waals surface area contributed by atoms with Gasteiger partial charge in [-0.1, -0.05) is 0 Å². The summed E-state index contributed by atoms with van der Waals surface area (Å²) < 4.78 is 26.2. The number of piperidine rings is 1. The van der Waals surface area contributed by atoms with Crippen molar-refractivity contribution in [1.29, 1.82) is 0 Å². The fraction of sp³-hybridized carbons (Fsp3) is 0.438. The van der Waals surface area contributed by atoms with E-state index in [1.807, 2.05) is 0 Å². The lowest BCUT2D eigenvalue weighted by atomic mass is 10.0. The number of halogens is 2. The van der Waals surface area contributed by atoms with Gasteiger partial charge in [0.25, 0.3) is 5.91 Å². The van der Waals surface area contributed by atoms with Crippen molar-refractivity contribution in [1.82, 2.24) is 9.80 Å². The van der Waals surface area contributed by atoms with Crippen molar-refractivity contribution in [3.8, 4) is 0 Å². The third kappa shape index (κ3) is 2.95. The first-order valence-electron chi connectivity index (χ1n) is 7.56. The molecular formula is C16H16F2N2O3. The SMILES string of the molecule is O=C(c1ccc(F)c(F)c1)N1CCC(N2C(=O)CCC2=O)CC1. The predicted octanol–water partition coefficient (Wildman–Crippen LogP) is 1.72. The Morgan fingerprint density at radius 3 is 2.17 bits per heavy atom. The smallest absolute Gasteiger partial charge is 0.253 e. The maximum absolute atomic E-state index is 13.2. The Bertz CT molecular complexity index is 653. The van der Waals surface area contributed by atoms with E-state index in [2.05, 4.69) is 0 Å². The van der Waals surface area contributed by atoms with Crippen molar-refractivity contribution < 1.29 is 23.2 Å².